The van der Waals surface area contributed by atoms with Crippen molar-refractivity contribution in [2.45, 2.75) is 25.3 Å². The minimum atomic E-state index is -0.290. The number of hydrogen-bond donors (Lipinski definition) is 0. The van der Waals surface area contributed by atoms with Gasteiger partial charge in [-0.15, -0.1) is 0 Å². The zero-order valence-corrected chi connectivity index (χ0v) is 16.2. The molecule has 1 atom stereocenters. The number of carbonyl (C=O) groups excluding carboxylic acids is 1. The second kappa shape index (κ2) is 7.50. The van der Waals surface area contributed by atoms with Crippen LogP contribution in [-0.2, 0) is 18.4 Å². The molecule has 2 aromatic heterocycles. The van der Waals surface area contributed by atoms with Gasteiger partial charge in [0.25, 0.3) is 5.56 Å². The van der Waals surface area contributed by atoms with Gasteiger partial charge in [0.1, 0.15) is 12.4 Å². The van der Waals surface area contributed by atoms with E-state index in [4.69, 9.17) is 9.72 Å². The number of amides is 1. The summed E-state index contributed by atoms with van der Waals surface area (Å²) in [5, 5.41) is 0. The quantitative estimate of drug-likeness (QED) is 0.695. The van der Waals surface area contributed by atoms with Gasteiger partial charge in [0.2, 0.25) is 5.91 Å². The van der Waals surface area contributed by atoms with Gasteiger partial charge < -0.3 is 18.8 Å². The van der Waals surface area contributed by atoms with Gasteiger partial charge in [-0.2, -0.15) is 0 Å². The van der Waals surface area contributed by atoms with Crippen LogP contribution in [-0.4, -0.2) is 45.1 Å². The zero-order valence-electron chi connectivity index (χ0n) is 16.2. The molecule has 28 heavy (non-hydrogen) atoms. The summed E-state index contributed by atoms with van der Waals surface area (Å²) >= 11 is 0. The average Bonchev–Trinajstić information content (AvgIpc) is 3.06. The van der Waals surface area contributed by atoms with Gasteiger partial charge in [-0.1, -0.05) is 12.1 Å². The number of benzene rings is 1. The summed E-state index contributed by atoms with van der Waals surface area (Å²) < 4.78 is 8.59. The van der Waals surface area contributed by atoms with Crippen molar-refractivity contribution in [3.63, 3.8) is 0 Å². The number of rotatable bonds is 4. The topological polar surface area (TPSA) is 69.4 Å². The van der Waals surface area contributed by atoms with Crippen LogP contribution in [0.5, 0.6) is 5.75 Å². The van der Waals surface area contributed by atoms with E-state index in [1.54, 1.807) is 18.3 Å². The van der Waals surface area contributed by atoms with E-state index in [9.17, 15) is 9.59 Å². The summed E-state index contributed by atoms with van der Waals surface area (Å²) in [6.45, 7) is 1.35. The maximum absolute atomic E-state index is 12.9. The fourth-order valence-corrected chi connectivity index (χ4v) is 3.98. The lowest BCUT2D eigenvalue weighted by atomic mass is 9.97. The number of imidazole rings is 1. The lowest BCUT2D eigenvalue weighted by Crippen LogP contribution is -2.42. The van der Waals surface area contributed by atoms with Gasteiger partial charge in [-0.3, -0.25) is 9.59 Å². The first kappa shape index (κ1) is 18.3. The highest BCUT2D eigenvalue weighted by atomic mass is 16.5. The second-order valence-corrected chi connectivity index (χ2v) is 7.21. The van der Waals surface area contributed by atoms with Crippen molar-refractivity contribution >= 4 is 16.9 Å². The Morgan fingerprint density at radius 3 is 2.86 bits per heavy atom. The Labute approximate surface area is 163 Å². The van der Waals surface area contributed by atoms with Crippen molar-refractivity contribution < 1.29 is 9.53 Å². The lowest BCUT2D eigenvalue weighted by molar-refractivity contribution is -0.133. The predicted molar refractivity (Wildman–Crippen MR) is 107 cm³/mol. The minimum absolute atomic E-state index is 0.0191. The van der Waals surface area contributed by atoms with E-state index in [1.165, 1.54) is 11.7 Å². The van der Waals surface area contributed by atoms with Crippen LogP contribution in [0, 0.1) is 0 Å². The van der Waals surface area contributed by atoms with E-state index in [1.807, 2.05) is 30.1 Å². The molecule has 0 aliphatic carbocycles. The zero-order chi connectivity index (χ0) is 19.7. The van der Waals surface area contributed by atoms with Crippen molar-refractivity contribution in [2.24, 2.45) is 7.05 Å². The molecule has 1 aliphatic heterocycles. The number of hydrogen-bond acceptors (Lipinski definition) is 4. The molecule has 0 saturated carbocycles. The summed E-state index contributed by atoms with van der Waals surface area (Å²) in [6, 6.07) is 11.4. The summed E-state index contributed by atoms with van der Waals surface area (Å²) in [5.74, 6) is 1.39. The van der Waals surface area contributed by atoms with Gasteiger partial charge in [-0.05, 0) is 37.1 Å². The molecule has 7 nitrogen and oxygen atoms in total. The van der Waals surface area contributed by atoms with Crippen LogP contribution in [0.3, 0.4) is 0 Å². The summed E-state index contributed by atoms with van der Waals surface area (Å²) in [4.78, 5) is 31.8. The highest BCUT2D eigenvalue weighted by Crippen LogP contribution is 2.28. The minimum Gasteiger partial charge on any atom is -0.491 e. The van der Waals surface area contributed by atoms with Crippen LogP contribution >= 0.6 is 0 Å². The number of piperidine rings is 1. The molecule has 0 N–H and O–H groups in total. The number of carbonyl (C=O) groups is 1. The predicted octanol–water partition coefficient (Wildman–Crippen LogP) is 2.15. The molecular formula is C21H24N4O3. The van der Waals surface area contributed by atoms with Gasteiger partial charge in [0, 0.05) is 32.3 Å². The molecule has 1 aromatic carbocycles. The highest BCUT2D eigenvalue weighted by molar-refractivity contribution is 5.77. The van der Waals surface area contributed by atoms with E-state index >= 15 is 0 Å². The monoisotopic (exact) mass is 380 g/mol. The lowest BCUT2D eigenvalue weighted by Gasteiger charge is -2.32. The van der Waals surface area contributed by atoms with Crippen molar-refractivity contribution in [3.05, 3.63) is 58.8 Å². The first-order valence-corrected chi connectivity index (χ1v) is 9.51. The third-order valence-electron chi connectivity index (χ3n) is 5.47. The Bertz CT molecular complexity index is 1070. The molecule has 0 spiro atoms. The number of nitrogens with zero attached hydrogens (tertiary/aromatic N) is 4. The number of para-hydroxylation sites is 2. The summed E-state index contributed by atoms with van der Waals surface area (Å²) in [5.41, 5.74) is 1.79. The van der Waals surface area contributed by atoms with E-state index in [-0.39, 0.29) is 29.7 Å². The number of fused-ring (bicyclic) bond motifs is 1. The SMILES string of the molecule is COc1cccn(CC(=O)N2CCC[C@@H](c3nc4ccccc4n3C)C2)c1=O. The molecular weight excluding hydrogens is 356 g/mol. The van der Waals surface area contributed by atoms with Gasteiger partial charge in [0.05, 0.1) is 18.1 Å². The molecule has 1 saturated heterocycles. The first-order valence-electron chi connectivity index (χ1n) is 9.51. The molecule has 0 unspecified atom stereocenters. The van der Waals surface area contributed by atoms with E-state index in [2.05, 4.69) is 10.6 Å². The maximum atomic E-state index is 12.9. The number of aromatic nitrogens is 3. The highest BCUT2D eigenvalue weighted by Gasteiger charge is 2.28. The number of pyridine rings is 1. The Balaban J connectivity index is 1.53. The Kier molecular flexibility index (Phi) is 4.90. The molecule has 146 valence electrons. The Morgan fingerprint density at radius 2 is 2.07 bits per heavy atom. The summed E-state index contributed by atoms with van der Waals surface area (Å²) in [6.07, 6.45) is 3.54. The van der Waals surface area contributed by atoms with Gasteiger partial charge in [-0.25, -0.2) is 4.98 Å². The molecule has 1 aliphatic rings. The van der Waals surface area contributed by atoms with Crippen molar-refractivity contribution in [1.29, 1.82) is 0 Å². The third-order valence-corrected chi connectivity index (χ3v) is 5.47. The van der Waals surface area contributed by atoms with Crippen LogP contribution < -0.4 is 10.3 Å². The van der Waals surface area contributed by atoms with Crippen molar-refractivity contribution in [2.75, 3.05) is 20.2 Å². The van der Waals surface area contributed by atoms with Crippen LogP contribution in [0.4, 0.5) is 0 Å². The van der Waals surface area contributed by atoms with Crippen LogP contribution in [0.1, 0.15) is 24.6 Å². The molecule has 7 heteroatoms. The molecule has 1 fully saturated rings. The largest absolute Gasteiger partial charge is 0.491 e. The number of aryl methyl sites for hydroxylation is 1. The van der Waals surface area contributed by atoms with Crippen LogP contribution in [0.2, 0.25) is 0 Å². The fraction of sp³-hybridized carbons (Fsp3) is 0.381. The normalized spacial score (nSPS) is 17.1. The van der Waals surface area contributed by atoms with Crippen LogP contribution in [0.15, 0.2) is 47.4 Å². The maximum Gasteiger partial charge on any atom is 0.293 e. The molecule has 4 rings (SSSR count). The Hall–Kier alpha value is -3.09. The fourth-order valence-electron chi connectivity index (χ4n) is 3.98. The molecule has 3 heterocycles. The smallest absolute Gasteiger partial charge is 0.293 e. The van der Waals surface area contributed by atoms with Gasteiger partial charge >= 0.3 is 0 Å². The second-order valence-electron chi connectivity index (χ2n) is 7.21. The standard InChI is InChI=1S/C21H24N4O3/c1-23-17-9-4-3-8-16(17)22-20(23)15-7-5-11-24(13-15)19(26)14-25-12-6-10-18(28-2)21(25)27/h3-4,6,8-10,12,15H,5,7,11,13-14H2,1-2H3/t15-/m1/s1. The van der Waals surface area contributed by atoms with E-state index in [0.29, 0.717) is 13.1 Å². The third kappa shape index (κ3) is 3.28. The van der Waals surface area contributed by atoms with Crippen molar-refractivity contribution in [1.82, 2.24) is 19.0 Å². The summed E-state index contributed by atoms with van der Waals surface area (Å²) in [7, 11) is 3.48. The number of ether oxygens (including phenoxy) is 1. The molecule has 0 bridgehead atoms. The molecule has 1 amide bonds. The van der Waals surface area contributed by atoms with Crippen LogP contribution in [0.25, 0.3) is 11.0 Å². The first-order chi connectivity index (χ1) is 13.6. The van der Waals surface area contributed by atoms with Crippen molar-refractivity contribution in [3.8, 4) is 5.75 Å². The van der Waals surface area contributed by atoms with E-state index in [0.717, 1.165) is 29.7 Å². The molecule has 3 aromatic rings. The van der Waals surface area contributed by atoms with Gasteiger partial charge in [0.15, 0.2) is 5.75 Å². The van der Waals surface area contributed by atoms with E-state index < -0.39 is 0 Å². The number of likely N-dealkylation sites (tertiary alicyclic amines) is 1. The number of methoxy groups -OCH3 is 1. The Morgan fingerprint density at radius 1 is 1.25 bits per heavy atom. The average molecular weight is 380 g/mol. The molecule has 0 radical (unpaired) electrons.